The smallest absolute Gasteiger partial charge is 0.254 e. The first kappa shape index (κ1) is 24.9. The lowest BCUT2D eigenvalue weighted by Crippen LogP contribution is -2.29. The van der Waals surface area contributed by atoms with E-state index in [0.29, 0.717) is 11.5 Å². The third-order valence-corrected chi connectivity index (χ3v) is 6.76. The Morgan fingerprint density at radius 1 is 1.08 bits per heavy atom. The number of aromatic nitrogens is 5. The van der Waals surface area contributed by atoms with Crippen LogP contribution in [0.4, 0.5) is 4.39 Å². The number of imidazole rings is 1. The predicted molar refractivity (Wildman–Crippen MR) is 142 cm³/mol. The molecule has 1 amide bonds. The number of fused-ring (bicyclic) bond motifs is 1. The number of benzene rings is 3. The molecule has 37 heavy (non-hydrogen) atoms. The number of halogens is 3. The summed E-state index contributed by atoms with van der Waals surface area (Å²) in [6.45, 7) is 5.83. The normalized spacial score (nSPS) is 12.2. The number of amides is 1. The van der Waals surface area contributed by atoms with Crippen molar-refractivity contribution in [3.05, 3.63) is 105 Å². The van der Waals surface area contributed by atoms with Gasteiger partial charge in [-0.2, -0.15) is 5.10 Å². The Morgan fingerprint density at radius 3 is 2.51 bits per heavy atom. The second-order valence-corrected chi connectivity index (χ2v) is 9.71. The van der Waals surface area contributed by atoms with E-state index in [1.165, 1.54) is 16.8 Å². The summed E-state index contributed by atoms with van der Waals surface area (Å²) in [5, 5.41) is 7.56. The molecule has 2 aromatic heterocycles. The molecule has 3 aromatic carbocycles. The van der Waals surface area contributed by atoms with E-state index in [2.05, 4.69) is 25.4 Å². The Hall–Kier alpha value is -3.75. The monoisotopic (exact) mass is 536 g/mol. The first-order valence-electron chi connectivity index (χ1n) is 11.6. The number of aryl methyl sites for hydroxylation is 3. The number of H-pyrrole nitrogens is 1. The molecule has 5 rings (SSSR count). The molecule has 1 atom stereocenters. The van der Waals surface area contributed by atoms with Gasteiger partial charge in [0.15, 0.2) is 0 Å². The molecule has 5 aromatic rings. The van der Waals surface area contributed by atoms with Gasteiger partial charge in [0.2, 0.25) is 0 Å². The maximum atomic E-state index is 14.2. The SMILES string of the molecule is Cc1ncn(-c2cc(Cl)c(C(=O)NCC(c3cccc(F)c3)c3cc(C)c4nc(C)[nH]c4c3)c(Cl)c2)n1. The molecule has 188 valence electrons. The topological polar surface area (TPSA) is 88.5 Å². The standard InChI is InChI=1S/C27H23Cl2FN6O/c1-14-7-18(9-24-26(14)34-16(3)33-24)21(17-5-4-6-19(30)8-17)12-31-27(37)25-22(28)10-20(11-23(25)29)36-13-32-15(2)35-36/h4-11,13,21H,12H2,1-3H3,(H,31,37)(H,33,34). The molecule has 0 aliphatic carbocycles. The maximum Gasteiger partial charge on any atom is 0.254 e. The van der Waals surface area contributed by atoms with Gasteiger partial charge in [-0.25, -0.2) is 19.0 Å². The zero-order valence-corrected chi connectivity index (χ0v) is 21.8. The van der Waals surface area contributed by atoms with Gasteiger partial charge >= 0.3 is 0 Å². The summed E-state index contributed by atoms with van der Waals surface area (Å²) < 4.78 is 15.7. The van der Waals surface area contributed by atoms with Crippen molar-refractivity contribution in [3.63, 3.8) is 0 Å². The number of hydrogen-bond acceptors (Lipinski definition) is 4. The quantitative estimate of drug-likeness (QED) is 0.275. The van der Waals surface area contributed by atoms with Crippen LogP contribution in [0.3, 0.4) is 0 Å². The fourth-order valence-corrected chi connectivity index (χ4v) is 5.10. The summed E-state index contributed by atoms with van der Waals surface area (Å²) in [7, 11) is 0. The Labute approximate surface area is 222 Å². The molecule has 0 spiro atoms. The van der Waals surface area contributed by atoms with Gasteiger partial charge in [-0.15, -0.1) is 0 Å². The zero-order valence-electron chi connectivity index (χ0n) is 20.3. The Kier molecular flexibility index (Phi) is 6.70. The highest BCUT2D eigenvalue weighted by molar-refractivity contribution is 6.40. The van der Waals surface area contributed by atoms with Gasteiger partial charge in [0.05, 0.1) is 32.3 Å². The highest BCUT2D eigenvalue weighted by Crippen LogP contribution is 2.31. The van der Waals surface area contributed by atoms with E-state index in [1.807, 2.05) is 32.0 Å². The molecule has 10 heteroatoms. The van der Waals surface area contributed by atoms with Gasteiger partial charge in [-0.3, -0.25) is 4.79 Å². The Morgan fingerprint density at radius 2 is 1.84 bits per heavy atom. The summed E-state index contributed by atoms with van der Waals surface area (Å²) >= 11 is 13.0. The minimum absolute atomic E-state index is 0.151. The van der Waals surface area contributed by atoms with E-state index in [0.717, 1.165) is 33.5 Å². The minimum Gasteiger partial charge on any atom is -0.351 e. The number of aromatic amines is 1. The van der Waals surface area contributed by atoms with Crippen LogP contribution in [0.15, 0.2) is 54.9 Å². The fourth-order valence-electron chi connectivity index (χ4n) is 4.46. The molecule has 0 saturated carbocycles. The Bertz CT molecular complexity index is 1620. The van der Waals surface area contributed by atoms with Crippen LogP contribution in [-0.4, -0.2) is 37.2 Å². The first-order chi connectivity index (χ1) is 17.7. The fraction of sp³-hybridized carbons (Fsp3) is 0.185. The maximum absolute atomic E-state index is 14.2. The molecule has 2 heterocycles. The van der Waals surface area contributed by atoms with E-state index in [4.69, 9.17) is 23.2 Å². The number of carbonyl (C=O) groups excluding carboxylic acids is 1. The van der Waals surface area contributed by atoms with Crippen LogP contribution in [0.1, 0.15) is 44.6 Å². The molecule has 0 bridgehead atoms. The van der Waals surface area contributed by atoms with Crippen molar-refractivity contribution in [2.24, 2.45) is 0 Å². The van der Waals surface area contributed by atoms with Crippen LogP contribution >= 0.6 is 23.2 Å². The lowest BCUT2D eigenvalue weighted by Gasteiger charge is -2.20. The van der Waals surface area contributed by atoms with Crippen molar-refractivity contribution < 1.29 is 9.18 Å². The van der Waals surface area contributed by atoms with Crippen molar-refractivity contribution in [1.29, 1.82) is 0 Å². The summed E-state index contributed by atoms with van der Waals surface area (Å²) in [6, 6.07) is 13.6. The molecule has 0 saturated heterocycles. The molecular formula is C27H23Cl2FN6O. The first-order valence-corrected chi connectivity index (χ1v) is 12.3. The molecule has 0 aliphatic rings. The van der Waals surface area contributed by atoms with Crippen LogP contribution in [0.25, 0.3) is 16.7 Å². The van der Waals surface area contributed by atoms with Gasteiger partial charge in [0, 0.05) is 12.5 Å². The van der Waals surface area contributed by atoms with E-state index < -0.39 is 5.91 Å². The number of hydrogen-bond donors (Lipinski definition) is 2. The van der Waals surface area contributed by atoms with Gasteiger partial charge in [0.1, 0.15) is 23.8 Å². The van der Waals surface area contributed by atoms with Crippen LogP contribution in [0.2, 0.25) is 10.0 Å². The third-order valence-electron chi connectivity index (χ3n) is 6.16. The van der Waals surface area contributed by atoms with E-state index in [9.17, 15) is 9.18 Å². The molecule has 2 N–H and O–H groups in total. The molecular weight excluding hydrogens is 514 g/mol. The molecule has 0 radical (unpaired) electrons. The third kappa shape index (κ3) is 5.08. The van der Waals surface area contributed by atoms with Crippen molar-refractivity contribution >= 4 is 40.1 Å². The van der Waals surface area contributed by atoms with E-state index in [-0.39, 0.29) is 33.9 Å². The molecule has 0 fully saturated rings. The number of carbonyl (C=O) groups is 1. The summed E-state index contributed by atoms with van der Waals surface area (Å²) in [5.74, 6) is 0.277. The molecule has 7 nitrogen and oxygen atoms in total. The van der Waals surface area contributed by atoms with E-state index in [1.54, 1.807) is 31.5 Å². The second kappa shape index (κ2) is 9.95. The second-order valence-electron chi connectivity index (χ2n) is 8.89. The van der Waals surface area contributed by atoms with Crippen LogP contribution in [-0.2, 0) is 0 Å². The van der Waals surface area contributed by atoms with Gasteiger partial charge < -0.3 is 10.3 Å². The van der Waals surface area contributed by atoms with Crippen molar-refractivity contribution in [2.75, 3.05) is 6.54 Å². The zero-order chi connectivity index (χ0) is 26.3. The van der Waals surface area contributed by atoms with Crippen molar-refractivity contribution in [1.82, 2.24) is 30.0 Å². The highest BCUT2D eigenvalue weighted by Gasteiger charge is 2.22. The van der Waals surface area contributed by atoms with Crippen LogP contribution < -0.4 is 5.32 Å². The number of rotatable bonds is 6. The van der Waals surface area contributed by atoms with Gasteiger partial charge in [-0.05, 0) is 67.8 Å². The van der Waals surface area contributed by atoms with Crippen molar-refractivity contribution in [3.8, 4) is 5.69 Å². The minimum atomic E-state index is -0.437. The molecule has 0 aliphatic heterocycles. The van der Waals surface area contributed by atoms with Gasteiger partial charge in [0.25, 0.3) is 5.91 Å². The van der Waals surface area contributed by atoms with Crippen LogP contribution in [0, 0.1) is 26.6 Å². The van der Waals surface area contributed by atoms with E-state index >= 15 is 0 Å². The predicted octanol–water partition coefficient (Wildman–Crippen LogP) is 6.08. The Balaban J connectivity index is 1.46. The van der Waals surface area contributed by atoms with Crippen LogP contribution in [0.5, 0.6) is 0 Å². The number of nitrogens with zero attached hydrogens (tertiary/aromatic N) is 4. The molecule has 1 unspecified atom stereocenters. The summed E-state index contributed by atoms with van der Waals surface area (Å²) in [5.41, 5.74) is 5.11. The summed E-state index contributed by atoms with van der Waals surface area (Å²) in [4.78, 5) is 25.2. The van der Waals surface area contributed by atoms with Gasteiger partial charge in [-0.1, -0.05) is 41.4 Å². The lowest BCUT2D eigenvalue weighted by atomic mass is 9.89. The summed E-state index contributed by atoms with van der Waals surface area (Å²) in [6.07, 6.45) is 1.54. The largest absolute Gasteiger partial charge is 0.351 e. The highest BCUT2D eigenvalue weighted by atomic mass is 35.5. The average Bonchev–Trinajstić information content (AvgIpc) is 3.44. The average molecular weight is 537 g/mol. The van der Waals surface area contributed by atoms with Crippen molar-refractivity contribution in [2.45, 2.75) is 26.7 Å². The number of nitrogens with one attached hydrogen (secondary N) is 2. The lowest BCUT2D eigenvalue weighted by molar-refractivity contribution is 0.0952.